The zero-order valence-electron chi connectivity index (χ0n) is 13.5. The second-order valence-electron chi connectivity index (χ2n) is 6.23. The number of hydrogen-bond donors (Lipinski definition) is 2. The number of imide groups is 1. The Morgan fingerprint density at radius 2 is 1.88 bits per heavy atom. The van der Waals surface area contributed by atoms with E-state index in [0.717, 1.165) is 37.7 Å². The number of rotatable bonds is 5. The normalized spacial score (nSPS) is 22.0. The number of piperidine rings is 1. The van der Waals surface area contributed by atoms with Gasteiger partial charge in [-0.1, -0.05) is 30.0 Å². The summed E-state index contributed by atoms with van der Waals surface area (Å²) < 4.78 is 0. The van der Waals surface area contributed by atoms with Crippen molar-refractivity contribution in [1.29, 1.82) is 0 Å². The van der Waals surface area contributed by atoms with Gasteiger partial charge in [0, 0.05) is 12.1 Å². The van der Waals surface area contributed by atoms with Crippen molar-refractivity contribution in [2.45, 2.75) is 30.9 Å². The molecule has 3 rings (SSSR count). The highest BCUT2D eigenvalue weighted by atomic mass is 32.2. The zero-order chi connectivity index (χ0) is 16.9. The van der Waals surface area contributed by atoms with E-state index in [1.807, 2.05) is 18.2 Å². The number of nitrogens with zero attached hydrogens (tertiary/aromatic N) is 1. The van der Waals surface area contributed by atoms with Gasteiger partial charge >= 0.3 is 0 Å². The molecule has 0 spiro atoms. The second kappa shape index (κ2) is 7.81. The number of anilines is 1. The topological polar surface area (TPSA) is 70.9 Å². The summed E-state index contributed by atoms with van der Waals surface area (Å²) in [6.45, 7) is 2.43. The van der Waals surface area contributed by atoms with Crippen molar-refractivity contribution in [3.05, 3.63) is 30.3 Å². The molecule has 2 heterocycles. The number of carbonyl (C=O) groups excluding carboxylic acids is 3. The number of benzene rings is 1. The van der Waals surface area contributed by atoms with Crippen LogP contribution in [0.4, 0.5) is 10.5 Å². The van der Waals surface area contributed by atoms with E-state index < -0.39 is 5.25 Å². The minimum atomic E-state index is -0.606. The molecule has 0 unspecified atom stereocenters. The lowest BCUT2D eigenvalue weighted by Crippen LogP contribution is -3.14. The molecule has 0 bridgehead atoms. The predicted octanol–water partition coefficient (Wildman–Crippen LogP) is 1.11. The molecule has 2 fully saturated rings. The first-order chi connectivity index (χ1) is 11.6. The van der Waals surface area contributed by atoms with Crippen LogP contribution in [0.5, 0.6) is 0 Å². The molecular formula is C17H22N3O3S+. The number of thioether (sulfide) groups is 1. The van der Waals surface area contributed by atoms with Gasteiger partial charge in [-0.25, -0.2) is 4.90 Å². The first-order valence-electron chi connectivity index (χ1n) is 8.34. The van der Waals surface area contributed by atoms with Crippen LogP contribution in [0.25, 0.3) is 0 Å². The van der Waals surface area contributed by atoms with Gasteiger partial charge in [0.2, 0.25) is 11.8 Å². The van der Waals surface area contributed by atoms with Gasteiger partial charge in [0.25, 0.3) is 5.24 Å². The lowest BCUT2D eigenvalue weighted by molar-refractivity contribution is -0.912. The van der Waals surface area contributed by atoms with Gasteiger partial charge in [-0.15, -0.1) is 0 Å². The monoisotopic (exact) mass is 348 g/mol. The Morgan fingerprint density at radius 1 is 1.17 bits per heavy atom. The number of hydrogen-bond acceptors (Lipinski definition) is 4. The molecule has 2 N–H and O–H groups in total. The van der Waals surface area contributed by atoms with Crippen LogP contribution >= 0.6 is 11.8 Å². The maximum Gasteiger partial charge on any atom is 0.293 e. The summed E-state index contributed by atoms with van der Waals surface area (Å²) in [4.78, 5) is 39.3. The number of carbonyl (C=O) groups is 3. The third-order valence-corrected chi connectivity index (χ3v) is 5.45. The Hall–Kier alpha value is -1.86. The van der Waals surface area contributed by atoms with Crippen molar-refractivity contribution in [3.63, 3.8) is 0 Å². The number of para-hydroxylation sites is 1. The highest BCUT2D eigenvalue weighted by Gasteiger charge is 2.42. The maximum atomic E-state index is 12.5. The van der Waals surface area contributed by atoms with Crippen LogP contribution in [-0.4, -0.2) is 47.0 Å². The fraction of sp³-hybridized carbons (Fsp3) is 0.471. The summed E-state index contributed by atoms with van der Waals surface area (Å²) in [5.41, 5.74) is 0.693. The van der Waals surface area contributed by atoms with Gasteiger partial charge in [0.15, 0.2) is 6.67 Å². The Bertz CT molecular complexity index is 617. The second-order valence-corrected chi connectivity index (χ2v) is 7.38. The standard InChI is InChI=1S/C17H21N3O3S/c21-15(18-13-7-3-1-4-8-13)11-14-16(22)20(17(23)24-14)12-19-9-5-2-6-10-19/h1,3-4,7-8,14H,2,5-6,9-12H2,(H,18,21)/p+1/t14-/m1/s1. The summed E-state index contributed by atoms with van der Waals surface area (Å²) in [6.07, 6.45) is 3.53. The molecule has 0 aliphatic carbocycles. The molecule has 0 radical (unpaired) electrons. The van der Waals surface area contributed by atoms with Crippen LogP contribution in [0, 0.1) is 0 Å². The molecule has 3 amide bonds. The van der Waals surface area contributed by atoms with Gasteiger partial charge in [0.1, 0.15) is 5.25 Å². The molecule has 2 saturated heterocycles. The molecule has 2 aliphatic heterocycles. The summed E-state index contributed by atoms with van der Waals surface area (Å²) in [7, 11) is 0. The minimum absolute atomic E-state index is 0.0238. The van der Waals surface area contributed by atoms with Crippen molar-refractivity contribution in [2.24, 2.45) is 0 Å². The number of amides is 3. The smallest absolute Gasteiger partial charge is 0.293 e. The van der Waals surface area contributed by atoms with Crippen LogP contribution in [0.1, 0.15) is 25.7 Å². The van der Waals surface area contributed by atoms with Crippen molar-refractivity contribution in [3.8, 4) is 0 Å². The number of quaternary nitrogens is 1. The van der Waals surface area contributed by atoms with E-state index in [0.29, 0.717) is 12.4 Å². The van der Waals surface area contributed by atoms with E-state index in [1.165, 1.54) is 16.2 Å². The molecular weight excluding hydrogens is 326 g/mol. The van der Waals surface area contributed by atoms with E-state index in [9.17, 15) is 14.4 Å². The van der Waals surface area contributed by atoms with Crippen molar-refractivity contribution in [2.75, 3.05) is 25.1 Å². The fourth-order valence-corrected chi connectivity index (χ4v) is 4.09. The third kappa shape index (κ3) is 4.15. The average Bonchev–Trinajstić information content (AvgIpc) is 2.84. The highest BCUT2D eigenvalue weighted by Crippen LogP contribution is 2.28. The van der Waals surface area contributed by atoms with Crippen molar-refractivity contribution < 1.29 is 19.3 Å². The number of likely N-dealkylation sites (tertiary alicyclic amines) is 1. The van der Waals surface area contributed by atoms with E-state index in [-0.39, 0.29) is 23.5 Å². The Kier molecular flexibility index (Phi) is 5.52. The molecule has 2 aliphatic rings. The summed E-state index contributed by atoms with van der Waals surface area (Å²) in [6, 6.07) is 9.11. The van der Waals surface area contributed by atoms with Crippen LogP contribution in [0.15, 0.2) is 30.3 Å². The van der Waals surface area contributed by atoms with Gasteiger partial charge in [-0.3, -0.25) is 14.4 Å². The summed E-state index contributed by atoms with van der Waals surface area (Å²) in [5, 5.41) is 1.93. The van der Waals surface area contributed by atoms with E-state index in [2.05, 4.69) is 5.32 Å². The molecule has 128 valence electrons. The Balaban J connectivity index is 1.54. The molecule has 1 aromatic rings. The van der Waals surface area contributed by atoms with E-state index >= 15 is 0 Å². The first kappa shape index (κ1) is 17.0. The molecule has 1 aromatic carbocycles. The Morgan fingerprint density at radius 3 is 2.58 bits per heavy atom. The molecule has 0 aromatic heterocycles. The first-order valence-corrected chi connectivity index (χ1v) is 9.22. The zero-order valence-corrected chi connectivity index (χ0v) is 14.3. The van der Waals surface area contributed by atoms with Gasteiger partial charge in [-0.05, 0) is 31.4 Å². The van der Waals surface area contributed by atoms with Gasteiger partial charge in [0.05, 0.1) is 13.1 Å². The van der Waals surface area contributed by atoms with Crippen molar-refractivity contribution >= 4 is 34.5 Å². The van der Waals surface area contributed by atoms with Crippen LogP contribution in [0.2, 0.25) is 0 Å². The fourth-order valence-electron chi connectivity index (χ4n) is 3.11. The molecule has 24 heavy (non-hydrogen) atoms. The minimum Gasteiger partial charge on any atom is -0.326 e. The predicted molar refractivity (Wildman–Crippen MR) is 92.7 cm³/mol. The Labute approximate surface area is 145 Å². The van der Waals surface area contributed by atoms with Gasteiger partial charge < -0.3 is 10.2 Å². The van der Waals surface area contributed by atoms with E-state index in [1.54, 1.807) is 12.1 Å². The SMILES string of the molecule is O=C(C[C@H]1SC(=O)N(C[NH+]2CCCCC2)C1=O)Nc1ccccc1. The summed E-state index contributed by atoms with van der Waals surface area (Å²) >= 11 is 0.973. The molecule has 7 heteroatoms. The van der Waals surface area contributed by atoms with Gasteiger partial charge in [-0.2, -0.15) is 0 Å². The van der Waals surface area contributed by atoms with Crippen LogP contribution in [0.3, 0.4) is 0 Å². The highest BCUT2D eigenvalue weighted by molar-refractivity contribution is 8.15. The largest absolute Gasteiger partial charge is 0.326 e. The van der Waals surface area contributed by atoms with Crippen LogP contribution < -0.4 is 10.2 Å². The van der Waals surface area contributed by atoms with Crippen molar-refractivity contribution in [1.82, 2.24) is 4.90 Å². The number of nitrogens with one attached hydrogen (secondary N) is 2. The third-order valence-electron chi connectivity index (χ3n) is 4.38. The lowest BCUT2D eigenvalue weighted by Gasteiger charge is -2.26. The molecule has 1 atom stereocenters. The quantitative estimate of drug-likeness (QED) is 0.836. The van der Waals surface area contributed by atoms with E-state index in [4.69, 9.17) is 0 Å². The molecule has 6 nitrogen and oxygen atoms in total. The maximum absolute atomic E-state index is 12.5. The average molecular weight is 348 g/mol. The summed E-state index contributed by atoms with van der Waals surface area (Å²) in [5.74, 6) is -0.474. The molecule has 0 saturated carbocycles. The van der Waals surface area contributed by atoms with Crippen LogP contribution in [-0.2, 0) is 9.59 Å². The lowest BCUT2D eigenvalue weighted by atomic mass is 10.1.